The second-order valence-corrected chi connectivity index (χ2v) is 8.90. The van der Waals surface area contributed by atoms with E-state index >= 15 is 0 Å². The molecule has 0 spiro atoms. The number of hydrogen-bond donors (Lipinski definition) is 0. The number of benzene rings is 3. The summed E-state index contributed by atoms with van der Waals surface area (Å²) in [7, 11) is 0. The lowest BCUT2D eigenvalue weighted by Gasteiger charge is -2.30. The number of ether oxygens (including phenoxy) is 3. The lowest BCUT2D eigenvalue weighted by molar-refractivity contribution is -0.121. The van der Waals surface area contributed by atoms with Crippen molar-refractivity contribution < 1.29 is 23.8 Å². The van der Waals surface area contributed by atoms with Gasteiger partial charge in [-0.1, -0.05) is 36.0 Å². The summed E-state index contributed by atoms with van der Waals surface area (Å²) in [5.41, 5.74) is 1.94. The number of amides is 1. The molecule has 1 fully saturated rings. The fraction of sp³-hybridized carbons (Fsp3) is 0.231. The summed E-state index contributed by atoms with van der Waals surface area (Å²) in [6, 6.07) is 22.1. The Morgan fingerprint density at radius 3 is 2.24 bits per heavy atom. The van der Waals surface area contributed by atoms with Gasteiger partial charge in [-0.15, -0.1) is 0 Å². The molecule has 168 valence electrons. The second kappa shape index (κ2) is 9.68. The molecule has 0 unspecified atom stereocenters. The van der Waals surface area contributed by atoms with Crippen LogP contribution in [0.3, 0.4) is 0 Å². The lowest BCUT2D eigenvalue weighted by atomic mass is 10.2. The first kappa shape index (κ1) is 21.6. The summed E-state index contributed by atoms with van der Waals surface area (Å²) in [6.45, 7) is 0.920. The number of anilines is 2. The van der Waals surface area contributed by atoms with Crippen molar-refractivity contribution in [2.75, 3.05) is 24.7 Å². The smallest absolute Gasteiger partial charge is 0.338 e. The van der Waals surface area contributed by atoms with Crippen LogP contribution in [0, 0.1) is 0 Å². The van der Waals surface area contributed by atoms with Crippen LogP contribution in [0.2, 0.25) is 0 Å². The van der Waals surface area contributed by atoms with Gasteiger partial charge in [-0.2, -0.15) is 0 Å². The zero-order chi connectivity index (χ0) is 22.6. The number of carbonyl (C=O) groups is 2. The number of esters is 1. The number of rotatable bonds is 6. The molecule has 1 saturated heterocycles. The quantitative estimate of drug-likeness (QED) is 0.469. The van der Waals surface area contributed by atoms with Gasteiger partial charge in [-0.05, 0) is 61.4 Å². The van der Waals surface area contributed by atoms with Crippen LogP contribution in [0.5, 0.6) is 5.75 Å². The molecule has 2 heterocycles. The normalized spacial score (nSPS) is 16.6. The van der Waals surface area contributed by atoms with E-state index in [9.17, 15) is 9.59 Å². The van der Waals surface area contributed by atoms with Crippen LogP contribution in [-0.4, -0.2) is 37.8 Å². The summed E-state index contributed by atoms with van der Waals surface area (Å²) in [5, 5.41) is 0. The van der Waals surface area contributed by atoms with Gasteiger partial charge in [0.05, 0.1) is 23.0 Å². The third-order valence-electron chi connectivity index (χ3n) is 5.56. The average Bonchev–Trinajstić information content (AvgIpc) is 3.38. The molecule has 2 aliphatic rings. The molecule has 0 aliphatic carbocycles. The monoisotopic (exact) mass is 461 g/mol. The predicted molar refractivity (Wildman–Crippen MR) is 125 cm³/mol. The Bertz CT molecular complexity index is 1110. The van der Waals surface area contributed by atoms with E-state index in [1.54, 1.807) is 40.9 Å². The molecule has 0 aromatic heterocycles. The van der Waals surface area contributed by atoms with Gasteiger partial charge in [0.1, 0.15) is 12.4 Å². The molecule has 0 radical (unpaired) electrons. The van der Waals surface area contributed by atoms with Gasteiger partial charge in [-0.25, -0.2) is 4.79 Å². The Balaban J connectivity index is 1.23. The van der Waals surface area contributed by atoms with E-state index < -0.39 is 5.97 Å². The first-order chi connectivity index (χ1) is 16.2. The maximum absolute atomic E-state index is 13.1. The van der Waals surface area contributed by atoms with E-state index in [0.29, 0.717) is 17.9 Å². The van der Waals surface area contributed by atoms with Gasteiger partial charge < -0.3 is 14.2 Å². The molecule has 0 saturated carbocycles. The van der Waals surface area contributed by atoms with Crippen molar-refractivity contribution in [1.29, 1.82) is 0 Å². The van der Waals surface area contributed by atoms with Crippen molar-refractivity contribution in [2.24, 2.45) is 0 Å². The van der Waals surface area contributed by atoms with Crippen LogP contribution in [0.15, 0.2) is 82.6 Å². The minimum absolute atomic E-state index is 0.129. The standard InChI is InChI=1S/C26H23NO5S/c28-25(27-21-7-1-3-9-23(21)33-24-10-4-2-8-22(24)27)17-32-26(29)18-11-13-19(14-12-18)31-16-20-6-5-15-30-20/h1-4,7-14,20H,5-6,15-17H2/t20-/m0/s1. The van der Waals surface area contributed by atoms with Crippen molar-refractivity contribution in [3.63, 3.8) is 0 Å². The van der Waals surface area contributed by atoms with E-state index in [2.05, 4.69) is 0 Å². The fourth-order valence-electron chi connectivity index (χ4n) is 3.90. The molecule has 3 aromatic rings. The van der Waals surface area contributed by atoms with Crippen LogP contribution >= 0.6 is 11.8 Å². The molecule has 33 heavy (non-hydrogen) atoms. The van der Waals surface area contributed by atoms with Crippen LogP contribution < -0.4 is 9.64 Å². The van der Waals surface area contributed by atoms with Gasteiger partial charge in [0.15, 0.2) is 6.61 Å². The third-order valence-corrected chi connectivity index (χ3v) is 6.69. The summed E-state index contributed by atoms with van der Waals surface area (Å²) in [6.07, 6.45) is 2.19. The Hall–Kier alpha value is -3.29. The summed E-state index contributed by atoms with van der Waals surface area (Å²) in [5.74, 6) is -0.195. The SMILES string of the molecule is O=C(OCC(=O)N1c2ccccc2Sc2ccccc21)c1ccc(OC[C@@H]2CCCO2)cc1. The van der Waals surface area contributed by atoms with Gasteiger partial charge in [0, 0.05) is 16.4 Å². The van der Waals surface area contributed by atoms with Gasteiger partial charge in [-0.3, -0.25) is 9.69 Å². The van der Waals surface area contributed by atoms with Crippen molar-refractivity contribution >= 4 is 35.0 Å². The van der Waals surface area contributed by atoms with E-state index in [-0.39, 0.29) is 18.6 Å². The molecule has 5 rings (SSSR count). The van der Waals surface area contributed by atoms with Crippen LogP contribution in [0.25, 0.3) is 0 Å². The van der Waals surface area contributed by atoms with Gasteiger partial charge in [0.25, 0.3) is 5.91 Å². The van der Waals surface area contributed by atoms with Crippen molar-refractivity contribution in [3.8, 4) is 5.75 Å². The molecule has 0 N–H and O–H groups in total. The molecule has 1 atom stereocenters. The number of nitrogens with zero attached hydrogens (tertiary/aromatic N) is 1. The van der Waals surface area contributed by atoms with Crippen LogP contribution in [0.1, 0.15) is 23.2 Å². The highest BCUT2D eigenvalue weighted by molar-refractivity contribution is 7.99. The number of fused-ring (bicyclic) bond motifs is 2. The molecule has 0 bridgehead atoms. The van der Waals surface area contributed by atoms with Crippen molar-refractivity contribution in [2.45, 2.75) is 28.7 Å². The zero-order valence-electron chi connectivity index (χ0n) is 17.9. The maximum atomic E-state index is 13.1. The summed E-state index contributed by atoms with van der Waals surface area (Å²) < 4.78 is 16.6. The largest absolute Gasteiger partial charge is 0.491 e. The highest BCUT2D eigenvalue weighted by Gasteiger charge is 2.28. The maximum Gasteiger partial charge on any atom is 0.338 e. The minimum atomic E-state index is -0.554. The Kier molecular flexibility index (Phi) is 6.32. The lowest BCUT2D eigenvalue weighted by Crippen LogP contribution is -2.32. The van der Waals surface area contributed by atoms with Gasteiger partial charge in [0.2, 0.25) is 0 Å². The van der Waals surface area contributed by atoms with Crippen LogP contribution in [-0.2, 0) is 14.3 Å². The topological polar surface area (TPSA) is 65.1 Å². The Morgan fingerprint density at radius 2 is 1.61 bits per heavy atom. The molecule has 7 heteroatoms. The minimum Gasteiger partial charge on any atom is -0.491 e. The average molecular weight is 462 g/mol. The first-order valence-corrected chi connectivity index (χ1v) is 11.7. The second-order valence-electron chi connectivity index (χ2n) is 7.81. The first-order valence-electron chi connectivity index (χ1n) is 10.9. The molecule has 3 aromatic carbocycles. The summed E-state index contributed by atoms with van der Waals surface area (Å²) >= 11 is 1.62. The van der Waals surface area contributed by atoms with Crippen molar-refractivity contribution in [3.05, 3.63) is 78.4 Å². The van der Waals surface area contributed by atoms with Crippen LogP contribution in [0.4, 0.5) is 11.4 Å². The molecular formula is C26H23NO5S. The predicted octanol–water partition coefficient (Wildman–Crippen LogP) is 5.23. The zero-order valence-corrected chi connectivity index (χ0v) is 18.8. The Labute approximate surface area is 196 Å². The van der Waals surface area contributed by atoms with Crippen molar-refractivity contribution in [1.82, 2.24) is 0 Å². The highest BCUT2D eigenvalue weighted by atomic mass is 32.2. The fourth-order valence-corrected chi connectivity index (χ4v) is 4.96. The van der Waals surface area contributed by atoms with E-state index in [0.717, 1.165) is 40.6 Å². The number of hydrogen-bond acceptors (Lipinski definition) is 6. The number of para-hydroxylation sites is 2. The van der Waals surface area contributed by atoms with Gasteiger partial charge >= 0.3 is 5.97 Å². The third kappa shape index (κ3) is 4.74. The molecule has 6 nitrogen and oxygen atoms in total. The Morgan fingerprint density at radius 1 is 0.939 bits per heavy atom. The summed E-state index contributed by atoms with van der Waals surface area (Å²) in [4.78, 5) is 29.3. The molecule has 2 aliphatic heterocycles. The molecular weight excluding hydrogens is 438 g/mol. The van der Waals surface area contributed by atoms with E-state index in [1.807, 2.05) is 48.5 Å². The van der Waals surface area contributed by atoms with E-state index in [4.69, 9.17) is 14.2 Å². The van der Waals surface area contributed by atoms with E-state index in [1.165, 1.54) is 0 Å². The highest BCUT2D eigenvalue weighted by Crippen LogP contribution is 2.47. The number of carbonyl (C=O) groups excluding carboxylic acids is 2. The molecule has 1 amide bonds.